The monoisotopic (exact) mass is 318 g/mol. The lowest BCUT2D eigenvalue weighted by molar-refractivity contribution is -0.123. The smallest absolute Gasteiger partial charge is 0.257 e. The van der Waals surface area contributed by atoms with E-state index in [-0.39, 0.29) is 12.5 Å². The van der Waals surface area contributed by atoms with Gasteiger partial charge in [-0.3, -0.25) is 4.79 Å². The molecule has 0 spiro atoms. The summed E-state index contributed by atoms with van der Waals surface area (Å²) in [6.45, 7) is 10.9. The highest BCUT2D eigenvalue weighted by molar-refractivity contribution is 5.77. The highest BCUT2D eigenvalue weighted by Gasteiger charge is 2.20. The Morgan fingerprint density at radius 2 is 2.04 bits per heavy atom. The molecule has 0 aliphatic carbocycles. The van der Waals surface area contributed by atoms with Gasteiger partial charge in [0.15, 0.2) is 6.61 Å². The maximum atomic E-state index is 11.8. The zero-order chi connectivity index (χ0) is 16.7. The number of nitrogens with zero attached hydrogens (tertiary/aromatic N) is 1. The van der Waals surface area contributed by atoms with E-state index in [2.05, 4.69) is 24.1 Å². The molecule has 4 nitrogen and oxygen atoms in total. The fourth-order valence-electron chi connectivity index (χ4n) is 3.41. The molecule has 23 heavy (non-hydrogen) atoms. The molecule has 2 atom stereocenters. The summed E-state index contributed by atoms with van der Waals surface area (Å²) in [5, 5.41) is 2.94. The van der Waals surface area contributed by atoms with Crippen LogP contribution in [0.3, 0.4) is 0 Å². The molecule has 4 heteroatoms. The van der Waals surface area contributed by atoms with Gasteiger partial charge in [-0.25, -0.2) is 0 Å². The molecule has 128 valence electrons. The molecule has 0 aromatic heterocycles. The Hall–Kier alpha value is -1.55. The van der Waals surface area contributed by atoms with Crippen molar-refractivity contribution in [3.8, 4) is 5.75 Å². The molecular weight excluding hydrogens is 288 g/mol. The molecule has 1 aliphatic rings. The van der Waals surface area contributed by atoms with Crippen molar-refractivity contribution in [1.29, 1.82) is 0 Å². The number of nitrogens with one attached hydrogen (secondary N) is 1. The molecule has 1 amide bonds. The Kier molecular flexibility index (Phi) is 6.90. The minimum absolute atomic E-state index is 0.0492. The molecule has 1 aliphatic heterocycles. The van der Waals surface area contributed by atoms with E-state index in [1.807, 2.05) is 31.2 Å². The van der Waals surface area contributed by atoms with E-state index in [1.165, 1.54) is 19.5 Å². The zero-order valence-corrected chi connectivity index (χ0v) is 14.7. The number of benzene rings is 1. The first kappa shape index (κ1) is 17.8. The van der Waals surface area contributed by atoms with Crippen LogP contribution in [0.4, 0.5) is 0 Å². The number of carbonyl (C=O) groups excluding carboxylic acids is 1. The van der Waals surface area contributed by atoms with E-state index in [0.29, 0.717) is 0 Å². The van der Waals surface area contributed by atoms with Crippen LogP contribution in [0, 0.1) is 18.8 Å². The summed E-state index contributed by atoms with van der Waals surface area (Å²) >= 11 is 0. The van der Waals surface area contributed by atoms with Crippen molar-refractivity contribution in [3.05, 3.63) is 29.8 Å². The number of likely N-dealkylation sites (tertiary alicyclic amines) is 1. The van der Waals surface area contributed by atoms with Crippen LogP contribution in [-0.2, 0) is 4.79 Å². The maximum Gasteiger partial charge on any atom is 0.257 e. The van der Waals surface area contributed by atoms with Crippen molar-refractivity contribution in [3.63, 3.8) is 0 Å². The number of piperidine rings is 1. The molecule has 0 unspecified atom stereocenters. The number of hydrogen-bond donors (Lipinski definition) is 1. The lowest BCUT2D eigenvalue weighted by Gasteiger charge is -2.34. The van der Waals surface area contributed by atoms with Gasteiger partial charge in [0.25, 0.3) is 5.91 Å². The van der Waals surface area contributed by atoms with Crippen molar-refractivity contribution < 1.29 is 9.53 Å². The molecule has 1 N–H and O–H groups in total. The molecule has 1 aromatic carbocycles. The molecule has 0 saturated carbocycles. The van der Waals surface area contributed by atoms with Crippen molar-refractivity contribution in [2.24, 2.45) is 11.8 Å². The van der Waals surface area contributed by atoms with Crippen molar-refractivity contribution in [1.82, 2.24) is 10.2 Å². The largest absolute Gasteiger partial charge is 0.484 e. The molecule has 1 fully saturated rings. The molecular formula is C19H30N2O2. The van der Waals surface area contributed by atoms with Crippen molar-refractivity contribution in [2.45, 2.75) is 33.6 Å². The summed E-state index contributed by atoms with van der Waals surface area (Å²) < 4.78 is 5.50. The Morgan fingerprint density at radius 3 is 2.74 bits per heavy atom. The number of ether oxygens (including phenoxy) is 1. The van der Waals surface area contributed by atoms with Gasteiger partial charge in [0, 0.05) is 19.6 Å². The first-order valence-electron chi connectivity index (χ1n) is 8.71. The standard InChI is InChI=1S/C19H30N2O2/c1-15-6-4-7-18(11-15)23-14-19(22)20-8-5-9-21-12-16(2)10-17(3)13-21/h4,6-7,11,16-17H,5,8-10,12-14H2,1-3H3,(H,20,22)/t16-,17-/m1/s1. The molecule has 0 radical (unpaired) electrons. The van der Waals surface area contributed by atoms with Gasteiger partial charge in [0.1, 0.15) is 5.75 Å². The second-order valence-corrected chi connectivity index (χ2v) is 7.01. The number of aryl methyl sites for hydroxylation is 1. The van der Waals surface area contributed by atoms with E-state index in [4.69, 9.17) is 4.74 Å². The Balaban J connectivity index is 1.58. The van der Waals surface area contributed by atoms with Crippen LogP contribution in [0.25, 0.3) is 0 Å². The summed E-state index contributed by atoms with van der Waals surface area (Å²) in [5.74, 6) is 2.27. The number of rotatable bonds is 7. The fraction of sp³-hybridized carbons (Fsp3) is 0.632. The van der Waals surface area contributed by atoms with Crippen LogP contribution in [0.5, 0.6) is 5.75 Å². The third kappa shape index (κ3) is 6.61. The minimum Gasteiger partial charge on any atom is -0.484 e. The first-order chi connectivity index (χ1) is 11.0. The van der Waals surface area contributed by atoms with Crippen LogP contribution in [0.15, 0.2) is 24.3 Å². The summed E-state index contributed by atoms with van der Waals surface area (Å²) in [7, 11) is 0. The first-order valence-corrected chi connectivity index (χ1v) is 8.71. The SMILES string of the molecule is Cc1cccc(OCC(=O)NCCCN2C[C@H](C)C[C@@H](C)C2)c1. The molecule has 1 heterocycles. The van der Waals surface area contributed by atoms with E-state index in [0.717, 1.165) is 42.7 Å². The van der Waals surface area contributed by atoms with Gasteiger partial charge in [-0.2, -0.15) is 0 Å². The Labute approximate surface area is 140 Å². The van der Waals surface area contributed by atoms with Gasteiger partial charge in [0.2, 0.25) is 0 Å². The highest BCUT2D eigenvalue weighted by atomic mass is 16.5. The topological polar surface area (TPSA) is 41.6 Å². The van der Waals surface area contributed by atoms with Gasteiger partial charge in [-0.1, -0.05) is 26.0 Å². The minimum atomic E-state index is -0.0492. The van der Waals surface area contributed by atoms with Gasteiger partial charge in [-0.05, 0) is 55.8 Å². The lowest BCUT2D eigenvalue weighted by atomic mass is 9.92. The summed E-state index contributed by atoms with van der Waals surface area (Å²) in [4.78, 5) is 14.3. The molecule has 1 aromatic rings. The van der Waals surface area contributed by atoms with E-state index < -0.39 is 0 Å². The van der Waals surface area contributed by atoms with Gasteiger partial charge in [0.05, 0.1) is 0 Å². The second kappa shape index (κ2) is 8.92. The Morgan fingerprint density at radius 1 is 1.30 bits per heavy atom. The van der Waals surface area contributed by atoms with Crippen LogP contribution < -0.4 is 10.1 Å². The van der Waals surface area contributed by atoms with Crippen LogP contribution in [0.2, 0.25) is 0 Å². The number of amides is 1. The second-order valence-electron chi connectivity index (χ2n) is 7.01. The highest BCUT2D eigenvalue weighted by Crippen LogP contribution is 2.20. The van der Waals surface area contributed by atoms with Crippen molar-refractivity contribution in [2.75, 3.05) is 32.8 Å². The average Bonchev–Trinajstić information content (AvgIpc) is 2.49. The van der Waals surface area contributed by atoms with E-state index in [9.17, 15) is 4.79 Å². The molecule has 1 saturated heterocycles. The lowest BCUT2D eigenvalue weighted by Crippen LogP contribution is -2.40. The zero-order valence-electron chi connectivity index (χ0n) is 14.7. The number of carbonyl (C=O) groups is 1. The van der Waals surface area contributed by atoms with Crippen molar-refractivity contribution >= 4 is 5.91 Å². The quantitative estimate of drug-likeness (QED) is 0.786. The summed E-state index contributed by atoms with van der Waals surface area (Å²) in [6, 6.07) is 7.75. The molecule has 0 bridgehead atoms. The normalized spacial score (nSPS) is 21.9. The third-order valence-electron chi connectivity index (χ3n) is 4.28. The van der Waals surface area contributed by atoms with Crippen LogP contribution >= 0.6 is 0 Å². The maximum absolute atomic E-state index is 11.8. The predicted molar refractivity (Wildman–Crippen MR) is 93.7 cm³/mol. The number of hydrogen-bond acceptors (Lipinski definition) is 3. The predicted octanol–water partition coefficient (Wildman–Crippen LogP) is 2.86. The van der Waals surface area contributed by atoms with Crippen LogP contribution in [-0.4, -0.2) is 43.6 Å². The fourth-order valence-corrected chi connectivity index (χ4v) is 3.41. The van der Waals surface area contributed by atoms with E-state index >= 15 is 0 Å². The third-order valence-corrected chi connectivity index (χ3v) is 4.28. The van der Waals surface area contributed by atoms with Gasteiger partial charge >= 0.3 is 0 Å². The average molecular weight is 318 g/mol. The Bertz CT molecular complexity index is 494. The summed E-state index contributed by atoms with van der Waals surface area (Å²) in [5.41, 5.74) is 1.13. The molecule has 2 rings (SSSR count). The van der Waals surface area contributed by atoms with Gasteiger partial charge in [-0.15, -0.1) is 0 Å². The summed E-state index contributed by atoms with van der Waals surface area (Å²) in [6.07, 6.45) is 2.33. The van der Waals surface area contributed by atoms with Gasteiger partial charge < -0.3 is 15.0 Å². The van der Waals surface area contributed by atoms with Crippen LogP contribution in [0.1, 0.15) is 32.3 Å². The van der Waals surface area contributed by atoms with E-state index in [1.54, 1.807) is 0 Å².